The van der Waals surface area contributed by atoms with Crippen molar-refractivity contribution in [3.05, 3.63) is 48.3 Å². The van der Waals surface area contributed by atoms with Crippen molar-refractivity contribution in [3.63, 3.8) is 0 Å². The number of imidazole rings is 1. The van der Waals surface area contributed by atoms with Gasteiger partial charge in [-0.15, -0.1) is 6.58 Å². The van der Waals surface area contributed by atoms with Gasteiger partial charge in [-0.2, -0.15) is 0 Å². The highest BCUT2D eigenvalue weighted by Gasteiger charge is 2.06. The molecule has 0 atom stereocenters. The zero-order chi connectivity index (χ0) is 13.0. The van der Waals surface area contributed by atoms with Crippen molar-refractivity contribution in [1.82, 2.24) is 9.55 Å². The smallest absolute Gasteiger partial charge is 0.207 e. The minimum Gasteiger partial charge on any atom is -0.497 e. The largest absolute Gasteiger partial charge is 0.497 e. The third kappa shape index (κ3) is 2.65. The molecule has 0 amide bonds. The molecule has 0 aliphatic rings. The summed E-state index contributed by atoms with van der Waals surface area (Å²) in [5.74, 6) is 1.45. The van der Waals surface area contributed by atoms with Gasteiger partial charge in [-0.3, -0.25) is 0 Å². The summed E-state index contributed by atoms with van der Waals surface area (Å²) in [5.41, 5.74) is 0.757. The highest BCUT2D eigenvalue weighted by atomic mass is 35.5. The SMILES string of the molecule is C=CCn1ccnc1Nc1cc(OC)ccc1Cl. The fraction of sp³-hybridized carbons (Fsp3) is 0.154. The van der Waals surface area contributed by atoms with Crippen LogP contribution in [0.5, 0.6) is 5.75 Å². The average molecular weight is 264 g/mol. The summed E-state index contributed by atoms with van der Waals surface area (Å²) < 4.78 is 7.10. The fourth-order valence-electron chi connectivity index (χ4n) is 1.57. The summed E-state index contributed by atoms with van der Waals surface area (Å²) in [4.78, 5) is 4.23. The van der Waals surface area contributed by atoms with Crippen molar-refractivity contribution in [2.24, 2.45) is 0 Å². The van der Waals surface area contributed by atoms with Crippen molar-refractivity contribution >= 4 is 23.2 Å². The molecule has 0 aliphatic heterocycles. The third-order valence-corrected chi connectivity index (χ3v) is 2.79. The van der Waals surface area contributed by atoms with Crippen molar-refractivity contribution in [1.29, 1.82) is 0 Å². The number of nitrogens with zero attached hydrogens (tertiary/aromatic N) is 2. The molecule has 0 radical (unpaired) electrons. The van der Waals surface area contributed by atoms with Crippen LogP contribution in [0.25, 0.3) is 0 Å². The van der Waals surface area contributed by atoms with E-state index in [0.29, 0.717) is 17.5 Å². The van der Waals surface area contributed by atoms with Gasteiger partial charge in [0.2, 0.25) is 5.95 Å². The van der Waals surface area contributed by atoms with Crippen molar-refractivity contribution in [3.8, 4) is 5.75 Å². The van der Waals surface area contributed by atoms with Crippen LogP contribution in [-0.2, 0) is 6.54 Å². The van der Waals surface area contributed by atoms with E-state index in [1.807, 2.05) is 22.9 Å². The van der Waals surface area contributed by atoms with Crippen LogP contribution in [0.4, 0.5) is 11.6 Å². The number of nitrogens with one attached hydrogen (secondary N) is 1. The van der Waals surface area contributed by atoms with Crippen molar-refractivity contribution in [2.75, 3.05) is 12.4 Å². The number of anilines is 2. The van der Waals surface area contributed by atoms with Gasteiger partial charge in [0.05, 0.1) is 17.8 Å². The Balaban J connectivity index is 2.27. The summed E-state index contributed by atoms with van der Waals surface area (Å²) in [5, 5.41) is 3.79. The number of allylic oxidation sites excluding steroid dienone is 1. The topological polar surface area (TPSA) is 39.1 Å². The Labute approximate surface area is 111 Å². The molecule has 0 unspecified atom stereocenters. The molecule has 0 aliphatic carbocycles. The molecule has 0 saturated heterocycles. The van der Waals surface area contributed by atoms with E-state index in [1.54, 1.807) is 25.4 Å². The molecule has 0 fully saturated rings. The van der Waals surface area contributed by atoms with Crippen LogP contribution in [0.1, 0.15) is 0 Å². The van der Waals surface area contributed by atoms with Crippen LogP contribution in [0.15, 0.2) is 43.2 Å². The molecule has 2 rings (SSSR count). The summed E-state index contributed by atoms with van der Waals surface area (Å²) in [6, 6.07) is 5.42. The molecule has 0 spiro atoms. The maximum Gasteiger partial charge on any atom is 0.207 e. The normalized spacial score (nSPS) is 10.1. The summed E-state index contributed by atoms with van der Waals surface area (Å²) in [6.07, 6.45) is 5.40. The second-order valence-electron chi connectivity index (χ2n) is 3.66. The lowest BCUT2D eigenvalue weighted by molar-refractivity contribution is 0.415. The van der Waals surface area contributed by atoms with Crippen molar-refractivity contribution < 1.29 is 4.74 Å². The van der Waals surface area contributed by atoms with Crippen LogP contribution in [0.3, 0.4) is 0 Å². The Hall–Kier alpha value is -1.94. The Bertz CT molecular complexity index is 551. The average Bonchev–Trinajstić information content (AvgIpc) is 2.80. The molecule has 0 saturated carbocycles. The molecule has 5 heteroatoms. The van der Waals surface area contributed by atoms with Gasteiger partial charge in [0.25, 0.3) is 0 Å². The highest BCUT2D eigenvalue weighted by molar-refractivity contribution is 6.33. The first-order valence-corrected chi connectivity index (χ1v) is 5.85. The molecule has 1 aromatic heterocycles. The molecule has 1 heterocycles. The van der Waals surface area contributed by atoms with Gasteiger partial charge in [0.15, 0.2) is 0 Å². The number of hydrogen-bond donors (Lipinski definition) is 1. The quantitative estimate of drug-likeness (QED) is 0.840. The van der Waals surface area contributed by atoms with Crippen molar-refractivity contribution in [2.45, 2.75) is 6.54 Å². The van der Waals surface area contributed by atoms with E-state index in [0.717, 1.165) is 11.4 Å². The third-order valence-electron chi connectivity index (χ3n) is 2.46. The van der Waals surface area contributed by atoms with Gasteiger partial charge >= 0.3 is 0 Å². The van der Waals surface area contributed by atoms with Crippen LogP contribution >= 0.6 is 11.6 Å². The molecular weight excluding hydrogens is 250 g/mol. The highest BCUT2D eigenvalue weighted by Crippen LogP contribution is 2.28. The molecule has 1 N–H and O–H groups in total. The predicted molar refractivity (Wildman–Crippen MR) is 73.7 cm³/mol. The Morgan fingerprint density at radius 2 is 2.39 bits per heavy atom. The first-order chi connectivity index (χ1) is 8.74. The molecule has 18 heavy (non-hydrogen) atoms. The number of hydrogen-bond acceptors (Lipinski definition) is 3. The Morgan fingerprint density at radius 1 is 1.56 bits per heavy atom. The molecular formula is C13H14ClN3O. The summed E-state index contributed by atoms with van der Waals surface area (Å²) in [7, 11) is 1.62. The van der Waals surface area contributed by atoms with Crippen LogP contribution in [-0.4, -0.2) is 16.7 Å². The number of benzene rings is 1. The molecule has 1 aromatic carbocycles. The number of methoxy groups -OCH3 is 1. The number of halogens is 1. The number of ether oxygens (including phenoxy) is 1. The molecule has 2 aromatic rings. The van der Waals surface area contributed by atoms with Gasteiger partial charge < -0.3 is 14.6 Å². The predicted octanol–water partition coefficient (Wildman–Crippen LogP) is 3.47. The summed E-state index contributed by atoms with van der Waals surface area (Å²) >= 11 is 6.12. The van der Waals surface area contributed by atoms with Gasteiger partial charge in [0.1, 0.15) is 5.75 Å². The molecule has 4 nitrogen and oxygen atoms in total. The minimum absolute atomic E-state index is 0.615. The lowest BCUT2D eigenvalue weighted by atomic mass is 10.3. The van der Waals surface area contributed by atoms with Gasteiger partial charge in [-0.1, -0.05) is 17.7 Å². The number of rotatable bonds is 5. The second-order valence-corrected chi connectivity index (χ2v) is 4.07. The standard InChI is InChI=1S/C13H14ClN3O/c1-3-7-17-8-6-15-13(17)16-12-9-10(18-2)4-5-11(12)14/h3-6,8-9H,1,7H2,2H3,(H,15,16). The first kappa shape index (κ1) is 12.5. The minimum atomic E-state index is 0.615. The summed E-state index contributed by atoms with van der Waals surface area (Å²) in [6.45, 7) is 4.39. The van der Waals surface area contributed by atoms with E-state index < -0.39 is 0 Å². The van der Waals surface area contributed by atoms with Crippen LogP contribution < -0.4 is 10.1 Å². The number of aromatic nitrogens is 2. The zero-order valence-electron chi connectivity index (χ0n) is 10.1. The van der Waals surface area contributed by atoms with E-state index >= 15 is 0 Å². The first-order valence-electron chi connectivity index (χ1n) is 5.47. The fourth-order valence-corrected chi connectivity index (χ4v) is 1.73. The van der Waals surface area contributed by atoms with Crippen LogP contribution in [0, 0.1) is 0 Å². The lowest BCUT2D eigenvalue weighted by Gasteiger charge is -2.10. The second kappa shape index (κ2) is 5.60. The molecule has 94 valence electrons. The van der Waals surface area contributed by atoms with E-state index in [2.05, 4.69) is 16.9 Å². The van der Waals surface area contributed by atoms with Gasteiger partial charge in [0, 0.05) is 25.0 Å². The van der Waals surface area contributed by atoms with Gasteiger partial charge in [-0.05, 0) is 12.1 Å². The Morgan fingerprint density at radius 3 is 3.11 bits per heavy atom. The Kier molecular flexibility index (Phi) is 3.89. The molecule has 0 bridgehead atoms. The van der Waals surface area contributed by atoms with Gasteiger partial charge in [-0.25, -0.2) is 4.98 Å². The maximum atomic E-state index is 6.12. The monoisotopic (exact) mass is 263 g/mol. The van der Waals surface area contributed by atoms with E-state index in [1.165, 1.54) is 0 Å². The van der Waals surface area contributed by atoms with Crippen LogP contribution in [0.2, 0.25) is 5.02 Å². The lowest BCUT2D eigenvalue weighted by Crippen LogP contribution is -2.02. The maximum absolute atomic E-state index is 6.12. The van der Waals surface area contributed by atoms with E-state index in [4.69, 9.17) is 16.3 Å². The zero-order valence-corrected chi connectivity index (χ0v) is 10.8. The van der Waals surface area contributed by atoms with E-state index in [-0.39, 0.29) is 0 Å². The van der Waals surface area contributed by atoms with E-state index in [9.17, 15) is 0 Å².